The fourth-order valence-corrected chi connectivity index (χ4v) is 0.789. The van der Waals surface area contributed by atoms with E-state index in [9.17, 15) is 4.79 Å². The minimum Gasteiger partial charge on any atom is -0.364 e. The zero-order valence-electron chi connectivity index (χ0n) is 7.41. The summed E-state index contributed by atoms with van der Waals surface area (Å²) in [5.41, 5.74) is 0. The van der Waals surface area contributed by atoms with Gasteiger partial charge in [0.15, 0.2) is 0 Å². The van der Waals surface area contributed by atoms with E-state index in [0.717, 1.165) is 0 Å². The normalized spacial score (nSPS) is 9.92. The van der Waals surface area contributed by atoms with Crippen LogP contribution < -0.4 is 5.32 Å². The Labute approximate surface area is 75.7 Å². The first-order valence-electron chi connectivity index (χ1n) is 4.01. The number of nitrogens with zero attached hydrogens (tertiary/aromatic N) is 2. The van der Waals surface area contributed by atoms with Gasteiger partial charge in [-0.1, -0.05) is 0 Å². The van der Waals surface area contributed by atoms with Crippen molar-refractivity contribution in [2.45, 2.75) is 13.5 Å². The van der Waals surface area contributed by atoms with E-state index in [1.807, 2.05) is 6.92 Å². The maximum atomic E-state index is 10.9. The van der Waals surface area contributed by atoms with Crippen LogP contribution in [0.2, 0.25) is 0 Å². The number of ether oxygens (including phenoxy) is 1. The highest BCUT2D eigenvalue weighted by atomic mass is 16.5. The lowest BCUT2D eigenvalue weighted by Crippen LogP contribution is -2.27. The fraction of sp³-hybridized carbons (Fsp3) is 0.571. The summed E-state index contributed by atoms with van der Waals surface area (Å²) in [5, 5.41) is 8.88. The van der Waals surface area contributed by atoms with Gasteiger partial charge in [0.2, 0.25) is 5.91 Å². The molecule has 1 heterocycles. The molecule has 0 unspecified atom stereocenters. The second-order valence-corrected chi connectivity index (χ2v) is 2.38. The van der Waals surface area contributed by atoms with E-state index in [4.69, 9.17) is 4.74 Å². The molecule has 1 aromatic heterocycles. The first-order valence-corrected chi connectivity index (χ1v) is 4.01. The van der Waals surface area contributed by atoms with Crippen molar-refractivity contribution >= 4 is 5.91 Å². The van der Waals surface area contributed by atoms with Gasteiger partial charge in [-0.25, -0.2) is 4.98 Å². The molecule has 0 fully saturated rings. The Bertz CT molecular complexity index is 247. The summed E-state index contributed by atoms with van der Waals surface area (Å²) in [6.07, 6.45) is 1.39. The molecule has 6 nitrogen and oxygen atoms in total. The molecule has 0 aliphatic rings. The van der Waals surface area contributed by atoms with Crippen molar-refractivity contribution in [3.05, 3.63) is 12.2 Å². The molecule has 0 bridgehead atoms. The second-order valence-electron chi connectivity index (χ2n) is 2.38. The summed E-state index contributed by atoms with van der Waals surface area (Å²) < 4.78 is 5.05. The SMILES string of the molecule is CCNC(=O)COCc1ncn[nH]1. The van der Waals surface area contributed by atoms with Crippen molar-refractivity contribution in [3.63, 3.8) is 0 Å². The van der Waals surface area contributed by atoms with E-state index < -0.39 is 0 Å². The molecular formula is C7H12N4O2. The Kier molecular flexibility index (Phi) is 3.90. The second kappa shape index (κ2) is 5.26. The van der Waals surface area contributed by atoms with Gasteiger partial charge in [-0.3, -0.25) is 9.89 Å². The Morgan fingerprint density at radius 2 is 2.62 bits per heavy atom. The molecule has 13 heavy (non-hydrogen) atoms. The number of nitrogens with one attached hydrogen (secondary N) is 2. The first kappa shape index (κ1) is 9.66. The van der Waals surface area contributed by atoms with Gasteiger partial charge in [0.1, 0.15) is 25.4 Å². The Balaban J connectivity index is 2.11. The molecule has 6 heteroatoms. The molecule has 0 saturated heterocycles. The van der Waals surface area contributed by atoms with Crippen LogP contribution >= 0.6 is 0 Å². The van der Waals surface area contributed by atoms with Crippen LogP contribution in [-0.4, -0.2) is 34.2 Å². The molecule has 2 N–H and O–H groups in total. The summed E-state index contributed by atoms with van der Waals surface area (Å²) >= 11 is 0. The number of carbonyl (C=O) groups excluding carboxylic acids is 1. The van der Waals surface area contributed by atoms with Crippen molar-refractivity contribution in [2.24, 2.45) is 0 Å². The van der Waals surface area contributed by atoms with Crippen molar-refractivity contribution in [2.75, 3.05) is 13.2 Å². The Hall–Kier alpha value is -1.43. The van der Waals surface area contributed by atoms with Crippen molar-refractivity contribution < 1.29 is 9.53 Å². The van der Waals surface area contributed by atoms with Crippen molar-refractivity contribution in [3.8, 4) is 0 Å². The number of aromatic amines is 1. The Morgan fingerprint density at radius 3 is 3.23 bits per heavy atom. The third kappa shape index (κ3) is 3.66. The van der Waals surface area contributed by atoms with Crippen LogP contribution in [0.3, 0.4) is 0 Å². The van der Waals surface area contributed by atoms with Gasteiger partial charge < -0.3 is 10.1 Å². The molecule has 0 aromatic carbocycles. The molecule has 0 saturated carbocycles. The average Bonchev–Trinajstić information content (AvgIpc) is 2.57. The number of carbonyl (C=O) groups is 1. The lowest BCUT2D eigenvalue weighted by molar-refractivity contribution is -0.126. The lowest BCUT2D eigenvalue weighted by Gasteiger charge is -2.01. The topological polar surface area (TPSA) is 79.9 Å². The number of rotatable bonds is 5. The van der Waals surface area contributed by atoms with E-state index in [1.165, 1.54) is 6.33 Å². The zero-order valence-corrected chi connectivity index (χ0v) is 7.41. The van der Waals surface area contributed by atoms with Crippen LogP contribution in [0.15, 0.2) is 6.33 Å². The third-order valence-corrected chi connectivity index (χ3v) is 1.31. The third-order valence-electron chi connectivity index (χ3n) is 1.31. The number of H-pyrrole nitrogens is 1. The number of hydrogen-bond acceptors (Lipinski definition) is 4. The average molecular weight is 184 g/mol. The van der Waals surface area contributed by atoms with Gasteiger partial charge in [-0.05, 0) is 6.92 Å². The summed E-state index contributed by atoms with van der Waals surface area (Å²) in [6.45, 7) is 2.80. The van der Waals surface area contributed by atoms with Crippen LogP contribution in [0, 0.1) is 0 Å². The predicted octanol–water partition coefficient (Wildman–Crippen LogP) is -0.543. The summed E-state index contributed by atoms with van der Waals surface area (Å²) in [7, 11) is 0. The maximum Gasteiger partial charge on any atom is 0.246 e. The quantitative estimate of drug-likeness (QED) is 0.644. The number of amides is 1. The summed E-state index contributed by atoms with van der Waals surface area (Å²) in [5.74, 6) is 0.492. The zero-order chi connectivity index (χ0) is 9.52. The van der Waals surface area contributed by atoms with Crippen LogP contribution in [0.25, 0.3) is 0 Å². The van der Waals surface area contributed by atoms with Crippen molar-refractivity contribution in [1.82, 2.24) is 20.5 Å². The van der Waals surface area contributed by atoms with Gasteiger partial charge in [0.25, 0.3) is 0 Å². The summed E-state index contributed by atoms with van der Waals surface area (Å²) in [6, 6.07) is 0. The van der Waals surface area contributed by atoms with E-state index in [0.29, 0.717) is 12.4 Å². The van der Waals surface area contributed by atoms with Gasteiger partial charge in [-0.2, -0.15) is 5.10 Å². The molecule has 0 atom stereocenters. The molecule has 0 aliphatic carbocycles. The molecule has 0 spiro atoms. The molecule has 0 radical (unpaired) electrons. The maximum absolute atomic E-state index is 10.9. The number of hydrogen-bond donors (Lipinski definition) is 2. The van der Waals surface area contributed by atoms with Gasteiger partial charge >= 0.3 is 0 Å². The van der Waals surface area contributed by atoms with Crippen LogP contribution in [-0.2, 0) is 16.1 Å². The minimum absolute atomic E-state index is 0.0501. The highest BCUT2D eigenvalue weighted by Gasteiger charge is 2.00. The van der Waals surface area contributed by atoms with Gasteiger partial charge in [0, 0.05) is 6.54 Å². The van der Waals surface area contributed by atoms with E-state index in [2.05, 4.69) is 20.5 Å². The lowest BCUT2D eigenvalue weighted by atomic mass is 10.6. The van der Waals surface area contributed by atoms with Gasteiger partial charge in [0.05, 0.1) is 0 Å². The smallest absolute Gasteiger partial charge is 0.246 e. The van der Waals surface area contributed by atoms with E-state index >= 15 is 0 Å². The molecule has 1 aromatic rings. The molecule has 1 rings (SSSR count). The van der Waals surface area contributed by atoms with Crippen LogP contribution in [0.4, 0.5) is 0 Å². The number of likely N-dealkylation sites (N-methyl/N-ethyl adjacent to an activating group) is 1. The highest BCUT2D eigenvalue weighted by Crippen LogP contribution is 1.88. The molecular weight excluding hydrogens is 172 g/mol. The molecule has 72 valence electrons. The molecule has 1 amide bonds. The summed E-state index contributed by atoms with van der Waals surface area (Å²) in [4.78, 5) is 14.7. The van der Waals surface area contributed by atoms with Crippen molar-refractivity contribution in [1.29, 1.82) is 0 Å². The highest BCUT2D eigenvalue weighted by molar-refractivity contribution is 5.77. The first-order chi connectivity index (χ1) is 6.33. The van der Waals surface area contributed by atoms with E-state index in [1.54, 1.807) is 0 Å². The largest absolute Gasteiger partial charge is 0.364 e. The Morgan fingerprint density at radius 1 is 1.77 bits per heavy atom. The van der Waals surface area contributed by atoms with Gasteiger partial charge in [-0.15, -0.1) is 0 Å². The van der Waals surface area contributed by atoms with Crippen LogP contribution in [0.5, 0.6) is 0 Å². The standard InChI is InChI=1S/C7H12N4O2/c1-2-8-7(12)4-13-3-6-9-5-10-11-6/h5H,2-4H2,1H3,(H,8,12)(H,9,10,11). The fourth-order valence-electron chi connectivity index (χ4n) is 0.789. The minimum atomic E-state index is -0.123. The van der Waals surface area contributed by atoms with Crippen LogP contribution in [0.1, 0.15) is 12.7 Å². The monoisotopic (exact) mass is 184 g/mol. The predicted molar refractivity (Wildman–Crippen MR) is 44.7 cm³/mol. The number of aromatic nitrogens is 3. The van der Waals surface area contributed by atoms with E-state index in [-0.39, 0.29) is 19.1 Å². The molecule has 0 aliphatic heterocycles.